The van der Waals surface area contributed by atoms with Gasteiger partial charge in [0.25, 0.3) is 5.91 Å². The minimum atomic E-state index is -4.50. The summed E-state index contributed by atoms with van der Waals surface area (Å²) >= 11 is 1.36. The number of unbranched alkanes of at least 4 members (excludes halogenated alkanes) is 2. The molecule has 0 unspecified atom stereocenters. The summed E-state index contributed by atoms with van der Waals surface area (Å²) in [6.07, 6.45) is -0.0523. The highest BCUT2D eigenvalue weighted by Crippen LogP contribution is 2.37. The van der Waals surface area contributed by atoms with Gasteiger partial charge in [0.15, 0.2) is 0 Å². The fourth-order valence-electron chi connectivity index (χ4n) is 3.17. The van der Waals surface area contributed by atoms with Crippen molar-refractivity contribution in [1.82, 2.24) is 14.9 Å². The quantitative estimate of drug-likeness (QED) is 0.350. The Morgan fingerprint density at radius 3 is 2.58 bits per heavy atom. The van der Waals surface area contributed by atoms with Gasteiger partial charge in [-0.3, -0.25) is 9.78 Å². The van der Waals surface area contributed by atoms with Gasteiger partial charge < -0.3 is 9.64 Å². The van der Waals surface area contributed by atoms with E-state index in [4.69, 9.17) is 4.74 Å². The molecule has 2 aromatic heterocycles. The Kier molecular flexibility index (Phi) is 8.07. The predicted molar refractivity (Wildman–Crippen MR) is 123 cm³/mol. The number of ether oxygens (including phenoxy) is 1. The molecule has 0 bridgehead atoms. The van der Waals surface area contributed by atoms with E-state index in [9.17, 15) is 18.0 Å². The third kappa shape index (κ3) is 6.54. The Balaban J connectivity index is 1.74. The molecule has 0 fully saturated rings. The fraction of sp³-hybridized carbons (Fsp3) is 0.375. The van der Waals surface area contributed by atoms with Crippen LogP contribution < -0.4 is 4.74 Å². The standard InChI is InChI=1S/C24H26F3N3O2S/c1-4-5-6-11-32-21-10-7-16(12-18(21)24(25,26)27)13-22-29-20(15-33-22)17-8-9-19(28-14-17)23(31)30(2)3/h7-10,12,14-15H,4-6,11,13H2,1-3H3. The molecule has 0 N–H and O–H groups in total. The average molecular weight is 478 g/mol. The fourth-order valence-corrected chi connectivity index (χ4v) is 4.01. The molecule has 0 spiro atoms. The van der Waals surface area contributed by atoms with Gasteiger partial charge in [0, 0.05) is 37.7 Å². The van der Waals surface area contributed by atoms with Crippen molar-refractivity contribution in [3.63, 3.8) is 0 Å². The first-order valence-corrected chi connectivity index (χ1v) is 11.5. The van der Waals surface area contributed by atoms with E-state index in [1.807, 2.05) is 12.3 Å². The monoisotopic (exact) mass is 477 g/mol. The van der Waals surface area contributed by atoms with Crippen LogP contribution in [0.2, 0.25) is 0 Å². The van der Waals surface area contributed by atoms with Gasteiger partial charge in [0.05, 0.1) is 22.9 Å². The zero-order chi connectivity index (χ0) is 24.0. The van der Waals surface area contributed by atoms with Crippen LogP contribution in [0, 0.1) is 0 Å². The lowest BCUT2D eigenvalue weighted by molar-refractivity contribution is -0.139. The lowest BCUT2D eigenvalue weighted by Crippen LogP contribution is -2.22. The van der Waals surface area contributed by atoms with Crippen molar-refractivity contribution in [3.05, 3.63) is 63.7 Å². The number of rotatable bonds is 9. The topological polar surface area (TPSA) is 55.3 Å². The number of benzene rings is 1. The number of amides is 1. The summed E-state index contributed by atoms with van der Waals surface area (Å²) in [5, 5.41) is 2.51. The molecule has 3 aromatic rings. The van der Waals surface area contributed by atoms with E-state index in [-0.39, 0.29) is 24.7 Å². The Morgan fingerprint density at radius 2 is 1.94 bits per heavy atom. The molecule has 0 aliphatic heterocycles. The average Bonchev–Trinajstić information content (AvgIpc) is 3.24. The van der Waals surface area contributed by atoms with Gasteiger partial charge in [-0.1, -0.05) is 25.8 Å². The second-order valence-electron chi connectivity index (χ2n) is 7.82. The number of aromatic nitrogens is 2. The summed E-state index contributed by atoms with van der Waals surface area (Å²) in [6, 6.07) is 7.57. The molecule has 1 amide bonds. The second kappa shape index (κ2) is 10.8. The number of pyridine rings is 1. The van der Waals surface area contributed by atoms with Crippen LogP contribution in [-0.4, -0.2) is 41.5 Å². The normalized spacial score (nSPS) is 11.5. The van der Waals surface area contributed by atoms with Crippen molar-refractivity contribution in [1.29, 1.82) is 0 Å². The van der Waals surface area contributed by atoms with E-state index in [1.54, 1.807) is 38.5 Å². The summed E-state index contributed by atoms with van der Waals surface area (Å²) < 4.78 is 46.1. The molecule has 9 heteroatoms. The Labute approximate surface area is 195 Å². The molecule has 0 aliphatic rings. The van der Waals surface area contributed by atoms with Crippen LogP contribution in [0.1, 0.15) is 52.8 Å². The molecule has 3 rings (SSSR count). The Morgan fingerprint density at radius 1 is 1.15 bits per heavy atom. The van der Waals surface area contributed by atoms with E-state index in [0.29, 0.717) is 22.0 Å². The molecule has 0 radical (unpaired) electrons. The smallest absolute Gasteiger partial charge is 0.419 e. The summed E-state index contributed by atoms with van der Waals surface area (Å²) in [7, 11) is 3.31. The number of nitrogens with zero attached hydrogens (tertiary/aromatic N) is 3. The molecule has 1 aromatic carbocycles. The first-order valence-electron chi connectivity index (χ1n) is 10.6. The van der Waals surface area contributed by atoms with Crippen LogP contribution in [0.5, 0.6) is 5.75 Å². The predicted octanol–water partition coefficient (Wildman–Crippen LogP) is 6.09. The molecular formula is C24H26F3N3O2S. The maximum Gasteiger partial charge on any atom is 0.419 e. The minimum absolute atomic E-state index is 0.138. The highest BCUT2D eigenvalue weighted by Gasteiger charge is 2.34. The summed E-state index contributed by atoms with van der Waals surface area (Å²) in [4.78, 5) is 22.1. The second-order valence-corrected chi connectivity index (χ2v) is 8.76. The van der Waals surface area contributed by atoms with Crippen LogP contribution in [0.25, 0.3) is 11.3 Å². The number of alkyl halides is 3. The maximum absolute atomic E-state index is 13.6. The number of carbonyl (C=O) groups is 1. The largest absolute Gasteiger partial charge is 0.493 e. The minimum Gasteiger partial charge on any atom is -0.493 e. The summed E-state index contributed by atoms with van der Waals surface area (Å²) in [5.41, 5.74) is 1.47. The van der Waals surface area contributed by atoms with Crippen LogP contribution in [0.4, 0.5) is 13.2 Å². The lowest BCUT2D eigenvalue weighted by atomic mass is 10.1. The van der Waals surface area contributed by atoms with Gasteiger partial charge >= 0.3 is 6.18 Å². The molecule has 5 nitrogen and oxygen atoms in total. The zero-order valence-corrected chi connectivity index (χ0v) is 19.6. The molecular weight excluding hydrogens is 451 g/mol. The van der Waals surface area contributed by atoms with Crippen LogP contribution >= 0.6 is 11.3 Å². The first kappa shape index (κ1) is 24.7. The maximum atomic E-state index is 13.6. The molecule has 33 heavy (non-hydrogen) atoms. The van der Waals surface area contributed by atoms with Gasteiger partial charge in [0.1, 0.15) is 11.4 Å². The highest BCUT2D eigenvalue weighted by atomic mass is 32.1. The summed E-state index contributed by atoms with van der Waals surface area (Å²) in [5.74, 6) is -0.334. The zero-order valence-electron chi connectivity index (χ0n) is 18.8. The van der Waals surface area contributed by atoms with Crippen molar-refractivity contribution < 1.29 is 22.7 Å². The Bertz CT molecular complexity index is 1080. The van der Waals surface area contributed by atoms with Crippen LogP contribution in [0.15, 0.2) is 41.9 Å². The van der Waals surface area contributed by atoms with E-state index >= 15 is 0 Å². The molecule has 0 saturated heterocycles. The molecule has 0 aliphatic carbocycles. The van der Waals surface area contributed by atoms with E-state index < -0.39 is 11.7 Å². The number of thiazole rings is 1. The molecule has 176 valence electrons. The third-order valence-electron chi connectivity index (χ3n) is 4.95. The molecule has 0 saturated carbocycles. The van der Waals surface area contributed by atoms with Crippen molar-refractivity contribution >= 4 is 17.2 Å². The van der Waals surface area contributed by atoms with Gasteiger partial charge in [-0.15, -0.1) is 11.3 Å². The van der Waals surface area contributed by atoms with Crippen molar-refractivity contribution in [2.75, 3.05) is 20.7 Å². The first-order chi connectivity index (χ1) is 15.7. The van der Waals surface area contributed by atoms with Crippen LogP contribution in [0.3, 0.4) is 0 Å². The highest BCUT2D eigenvalue weighted by molar-refractivity contribution is 7.10. The van der Waals surface area contributed by atoms with Gasteiger partial charge in [-0.05, 0) is 36.2 Å². The summed E-state index contributed by atoms with van der Waals surface area (Å²) in [6.45, 7) is 2.29. The van der Waals surface area contributed by atoms with E-state index in [2.05, 4.69) is 9.97 Å². The van der Waals surface area contributed by atoms with Crippen molar-refractivity contribution in [3.8, 4) is 17.0 Å². The number of hydrogen-bond donors (Lipinski definition) is 0. The third-order valence-corrected chi connectivity index (χ3v) is 5.80. The molecule has 2 heterocycles. The SMILES string of the molecule is CCCCCOc1ccc(Cc2nc(-c3ccc(C(=O)N(C)C)nc3)cs2)cc1C(F)(F)F. The number of halogens is 3. The van der Waals surface area contributed by atoms with Crippen molar-refractivity contribution in [2.45, 2.75) is 38.8 Å². The van der Waals surface area contributed by atoms with E-state index in [1.165, 1.54) is 22.3 Å². The van der Waals surface area contributed by atoms with Gasteiger partial charge in [0.2, 0.25) is 0 Å². The van der Waals surface area contributed by atoms with Crippen LogP contribution in [-0.2, 0) is 12.6 Å². The van der Waals surface area contributed by atoms with Crippen molar-refractivity contribution in [2.24, 2.45) is 0 Å². The Hall–Kier alpha value is -2.94. The number of hydrogen-bond acceptors (Lipinski definition) is 5. The lowest BCUT2D eigenvalue weighted by Gasteiger charge is -2.15. The molecule has 0 atom stereocenters. The number of carbonyl (C=O) groups excluding carboxylic acids is 1. The van der Waals surface area contributed by atoms with E-state index in [0.717, 1.165) is 30.9 Å². The van der Waals surface area contributed by atoms with Gasteiger partial charge in [-0.25, -0.2) is 4.98 Å². The van der Waals surface area contributed by atoms with Gasteiger partial charge in [-0.2, -0.15) is 13.2 Å².